The molecule has 0 aliphatic carbocycles. The van der Waals surface area contributed by atoms with Crippen LogP contribution in [0, 0.1) is 0 Å². The van der Waals surface area contributed by atoms with Gasteiger partial charge in [-0.1, -0.05) is 25.1 Å². The van der Waals surface area contributed by atoms with Crippen molar-refractivity contribution in [1.82, 2.24) is 9.97 Å². The predicted molar refractivity (Wildman–Crippen MR) is 121 cm³/mol. The zero-order valence-corrected chi connectivity index (χ0v) is 18.4. The Morgan fingerprint density at radius 1 is 1.19 bits per heavy atom. The number of Topliss-reactive ketones (excluding diaryl/α,β-unsaturated/α-hetero) is 1. The molecule has 0 unspecified atom stereocenters. The molecular formula is C23H26N2O5S. The number of carbonyl (C=O) groups is 2. The number of phenolic OH excluding ortho intramolecular Hbond substituents is 1. The summed E-state index contributed by atoms with van der Waals surface area (Å²) in [4.78, 5) is 30.3. The van der Waals surface area contributed by atoms with Crippen LogP contribution >= 0.6 is 11.8 Å². The molecule has 1 aromatic heterocycles. The third-order valence-electron chi connectivity index (χ3n) is 4.86. The number of nitrogens with zero attached hydrogens (tertiary/aromatic N) is 1. The molecule has 0 aliphatic heterocycles. The molecule has 0 saturated heterocycles. The summed E-state index contributed by atoms with van der Waals surface area (Å²) in [5.41, 5.74) is 2.70. The highest BCUT2D eigenvalue weighted by Gasteiger charge is 2.15. The van der Waals surface area contributed by atoms with Crippen molar-refractivity contribution in [2.45, 2.75) is 44.7 Å². The quantitative estimate of drug-likeness (QED) is 0.216. The number of benzene rings is 2. The lowest BCUT2D eigenvalue weighted by Crippen LogP contribution is -2.04. The maximum atomic E-state index is 11.6. The number of rotatable bonds is 11. The van der Waals surface area contributed by atoms with Crippen LogP contribution in [0.1, 0.15) is 59.4 Å². The summed E-state index contributed by atoms with van der Waals surface area (Å²) >= 11 is 1.58. The summed E-state index contributed by atoms with van der Waals surface area (Å²) in [5, 5.41) is 20.2. The highest BCUT2D eigenvalue weighted by molar-refractivity contribution is 7.99. The summed E-state index contributed by atoms with van der Waals surface area (Å²) in [6.07, 6.45) is 3.22. The van der Waals surface area contributed by atoms with Gasteiger partial charge < -0.3 is 19.9 Å². The van der Waals surface area contributed by atoms with Crippen molar-refractivity contribution in [2.75, 3.05) is 12.4 Å². The summed E-state index contributed by atoms with van der Waals surface area (Å²) in [5.74, 6) is 0.368. The molecule has 7 nitrogen and oxygen atoms in total. The van der Waals surface area contributed by atoms with E-state index in [1.165, 1.54) is 6.92 Å². The van der Waals surface area contributed by atoms with Gasteiger partial charge in [0.2, 0.25) is 0 Å². The summed E-state index contributed by atoms with van der Waals surface area (Å²) in [6.45, 7) is 3.97. The molecule has 0 spiro atoms. The number of nitrogens with one attached hydrogen (secondary N) is 1. The minimum absolute atomic E-state index is 0.0262. The van der Waals surface area contributed by atoms with Crippen LogP contribution < -0.4 is 4.74 Å². The number of hydrogen-bond acceptors (Lipinski definition) is 6. The zero-order valence-electron chi connectivity index (χ0n) is 17.6. The maximum absolute atomic E-state index is 11.6. The minimum Gasteiger partial charge on any atom is -0.507 e. The van der Waals surface area contributed by atoms with Crippen molar-refractivity contribution in [1.29, 1.82) is 0 Å². The summed E-state index contributed by atoms with van der Waals surface area (Å²) in [7, 11) is 0. The van der Waals surface area contributed by atoms with E-state index >= 15 is 0 Å². The van der Waals surface area contributed by atoms with Gasteiger partial charge in [0.1, 0.15) is 11.5 Å². The molecular weight excluding hydrogens is 416 g/mol. The van der Waals surface area contributed by atoms with Gasteiger partial charge in [-0.25, -0.2) is 9.78 Å². The maximum Gasteiger partial charge on any atom is 0.335 e. The number of H-pyrrole nitrogens is 1. The Morgan fingerprint density at radius 3 is 2.71 bits per heavy atom. The fourth-order valence-electron chi connectivity index (χ4n) is 3.27. The number of ether oxygens (including phenoxy) is 1. The molecule has 1 heterocycles. The number of hydrogen-bond donors (Lipinski definition) is 3. The summed E-state index contributed by atoms with van der Waals surface area (Å²) in [6, 6.07) is 8.21. The molecule has 3 rings (SSSR count). The number of aromatic amines is 1. The normalized spacial score (nSPS) is 11.0. The summed E-state index contributed by atoms with van der Waals surface area (Å²) < 4.78 is 5.88. The Morgan fingerprint density at radius 2 is 2.00 bits per heavy atom. The predicted octanol–water partition coefficient (Wildman–Crippen LogP) is 5.07. The number of carboxylic acid groups (broad SMARTS) is 1. The van der Waals surface area contributed by atoms with E-state index in [0.717, 1.165) is 35.7 Å². The first-order valence-electron chi connectivity index (χ1n) is 10.2. The molecule has 8 heteroatoms. The number of unbranched alkanes of at least 4 members (excludes halogenated alkanes) is 1. The lowest BCUT2D eigenvalue weighted by Gasteiger charge is -2.14. The molecule has 31 heavy (non-hydrogen) atoms. The number of carbonyl (C=O) groups excluding carboxylic acids is 1. The smallest absolute Gasteiger partial charge is 0.335 e. The van der Waals surface area contributed by atoms with Crippen LogP contribution in [-0.2, 0) is 6.42 Å². The molecule has 0 amide bonds. The molecule has 0 aliphatic rings. The monoisotopic (exact) mass is 442 g/mol. The van der Waals surface area contributed by atoms with Gasteiger partial charge in [0.15, 0.2) is 10.9 Å². The highest BCUT2D eigenvalue weighted by atomic mass is 32.2. The fourth-order valence-corrected chi connectivity index (χ4v) is 4.16. The van der Waals surface area contributed by atoms with Crippen LogP contribution in [-0.4, -0.2) is 44.3 Å². The van der Waals surface area contributed by atoms with Crippen molar-refractivity contribution >= 4 is 34.5 Å². The van der Waals surface area contributed by atoms with Gasteiger partial charge in [0, 0.05) is 11.3 Å². The molecule has 0 bridgehead atoms. The van der Waals surface area contributed by atoms with E-state index in [2.05, 4.69) is 9.97 Å². The van der Waals surface area contributed by atoms with Gasteiger partial charge >= 0.3 is 5.97 Å². The third-order valence-corrected chi connectivity index (χ3v) is 5.82. The average Bonchev–Trinajstić information content (AvgIpc) is 3.14. The lowest BCUT2D eigenvalue weighted by molar-refractivity contribution is 0.0696. The number of thioether (sulfide) groups is 1. The van der Waals surface area contributed by atoms with E-state index in [0.29, 0.717) is 35.4 Å². The molecule has 164 valence electrons. The van der Waals surface area contributed by atoms with Gasteiger partial charge in [-0.05, 0) is 56.5 Å². The van der Waals surface area contributed by atoms with E-state index in [1.807, 2.05) is 6.92 Å². The SMILES string of the molecule is CCCc1c(OCCCCSc2nc3ccc(C(=O)O)cc3[nH]2)ccc(C(C)=O)c1O. The van der Waals surface area contributed by atoms with Crippen LogP contribution in [0.25, 0.3) is 11.0 Å². The Bertz CT molecular complexity index is 1090. The van der Waals surface area contributed by atoms with E-state index in [-0.39, 0.29) is 17.1 Å². The molecule has 0 fully saturated rings. The van der Waals surface area contributed by atoms with Gasteiger partial charge in [0.05, 0.1) is 28.8 Å². The van der Waals surface area contributed by atoms with Gasteiger partial charge in [0.25, 0.3) is 0 Å². The van der Waals surface area contributed by atoms with E-state index in [4.69, 9.17) is 9.84 Å². The van der Waals surface area contributed by atoms with Crippen molar-refractivity contribution in [2.24, 2.45) is 0 Å². The Hall–Kier alpha value is -3.00. The topological polar surface area (TPSA) is 113 Å². The first-order valence-corrected chi connectivity index (χ1v) is 11.2. The Kier molecular flexibility index (Phi) is 7.57. The number of ketones is 1. The van der Waals surface area contributed by atoms with Crippen LogP contribution in [0.3, 0.4) is 0 Å². The number of aromatic nitrogens is 2. The lowest BCUT2D eigenvalue weighted by atomic mass is 10.0. The molecule has 2 aromatic carbocycles. The van der Waals surface area contributed by atoms with E-state index in [9.17, 15) is 14.7 Å². The van der Waals surface area contributed by atoms with Crippen LogP contribution in [0.2, 0.25) is 0 Å². The average molecular weight is 443 g/mol. The van der Waals surface area contributed by atoms with Crippen LogP contribution in [0.15, 0.2) is 35.5 Å². The number of imidazole rings is 1. The Balaban J connectivity index is 1.49. The van der Waals surface area contributed by atoms with Crippen molar-refractivity contribution in [3.05, 3.63) is 47.0 Å². The molecule has 0 saturated carbocycles. The number of carboxylic acids is 1. The standard InChI is InChI=1S/C23H26N2O5S/c1-3-6-17-20(10-8-16(14(2)26)21(17)27)30-11-4-5-12-31-23-24-18-9-7-15(22(28)29)13-19(18)25-23/h7-10,13,27H,3-6,11-12H2,1-2H3,(H,24,25)(H,28,29). The van der Waals surface area contributed by atoms with Crippen molar-refractivity contribution in [3.63, 3.8) is 0 Å². The Labute approximate surface area is 184 Å². The van der Waals surface area contributed by atoms with Crippen LogP contribution in [0.4, 0.5) is 0 Å². The van der Waals surface area contributed by atoms with Gasteiger partial charge in [-0.3, -0.25) is 4.79 Å². The fraction of sp³-hybridized carbons (Fsp3) is 0.348. The first-order chi connectivity index (χ1) is 14.9. The largest absolute Gasteiger partial charge is 0.507 e. The zero-order chi connectivity index (χ0) is 22.4. The number of aromatic carboxylic acids is 1. The van der Waals surface area contributed by atoms with Gasteiger partial charge in [-0.2, -0.15) is 0 Å². The van der Waals surface area contributed by atoms with Crippen molar-refractivity contribution in [3.8, 4) is 11.5 Å². The molecule has 0 atom stereocenters. The van der Waals surface area contributed by atoms with Crippen molar-refractivity contribution < 1.29 is 24.5 Å². The molecule has 3 N–H and O–H groups in total. The number of fused-ring (bicyclic) bond motifs is 1. The second kappa shape index (κ2) is 10.3. The van der Waals surface area contributed by atoms with E-state index in [1.54, 1.807) is 42.1 Å². The third kappa shape index (κ3) is 5.58. The minimum atomic E-state index is -0.961. The second-order valence-corrected chi connectivity index (χ2v) is 8.31. The van der Waals surface area contributed by atoms with Gasteiger partial charge in [-0.15, -0.1) is 0 Å². The molecule has 0 radical (unpaired) electrons. The van der Waals surface area contributed by atoms with Crippen LogP contribution in [0.5, 0.6) is 11.5 Å². The van der Waals surface area contributed by atoms with E-state index < -0.39 is 5.97 Å². The highest BCUT2D eigenvalue weighted by Crippen LogP contribution is 2.33. The molecule has 3 aromatic rings. The second-order valence-electron chi connectivity index (χ2n) is 7.23. The number of aromatic hydroxyl groups is 1. The first kappa shape index (κ1) is 22.7. The number of phenols is 1.